The smallest absolute Gasteiger partial charge is 0.171 e. The van der Waals surface area contributed by atoms with Gasteiger partial charge in [-0.15, -0.1) is 0 Å². The van der Waals surface area contributed by atoms with Crippen LogP contribution in [-0.4, -0.2) is 74.1 Å². The van der Waals surface area contributed by atoms with Crippen LogP contribution in [0.3, 0.4) is 0 Å². The van der Waals surface area contributed by atoms with E-state index >= 15 is 0 Å². The van der Waals surface area contributed by atoms with Crippen molar-refractivity contribution in [2.45, 2.75) is 25.0 Å². The monoisotopic (exact) mass is 538 g/mol. The average Bonchev–Trinajstić information content (AvgIpc) is 3.65. The molecule has 1 N–H and O–H groups in total. The lowest BCUT2D eigenvalue weighted by Gasteiger charge is -2.38. The number of hydrogen-bond acceptors (Lipinski definition) is 7. The van der Waals surface area contributed by atoms with Crippen LogP contribution >= 0.6 is 0 Å². The minimum Gasteiger partial charge on any atom is -0.378 e. The summed E-state index contributed by atoms with van der Waals surface area (Å²) in [6.07, 6.45) is 2.13. The molecule has 3 aliphatic heterocycles. The van der Waals surface area contributed by atoms with E-state index in [0.29, 0.717) is 19.6 Å². The number of carbonyl (C=O) groups is 1. The lowest BCUT2D eigenvalue weighted by atomic mass is 10.0. The number of piperidine rings is 1. The van der Waals surface area contributed by atoms with Crippen LogP contribution in [0.15, 0.2) is 66.7 Å². The van der Waals surface area contributed by atoms with Crippen LogP contribution in [0.4, 0.5) is 11.4 Å². The molecule has 1 spiro atoms. The number of nitrogens with one attached hydrogen (secondary N) is 1. The van der Waals surface area contributed by atoms with Gasteiger partial charge in [-0.3, -0.25) is 4.79 Å². The Labute approximate surface area is 233 Å². The number of benzene rings is 3. The molecule has 0 radical (unpaired) electrons. The minimum absolute atomic E-state index is 0.109. The number of imidazole rings is 1. The molecule has 0 aliphatic carbocycles. The number of ether oxygens (including phenoxy) is 3. The molecule has 0 bridgehead atoms. The van der Waals surface area contributed by atoms with Crippen molar-refractivity contribution in [2.75, 3.05) is 62.4 Å². The molecule has 3 saturated heterocycles. The number of anilines is 2. The fourth-order valence-electron chi connectivity index (χ4n) is 5.99. The zero-order valence-corrected chi connectivity index (χ0v) is 22.6. The summed E-state index contributed by atoms with van der Waals surface area (Å²) < 4.78 is 17.2. The van der Waals surface area contributed by atoms with E-state index in [-0.39, 0.29) is 11.6 Å². The summed E-state index contributed by atoms with van der Waals surface area (Å²) in [4.78, 5) is 26.0. The van der Waals surface area contributed by atoms with Gasteiger partial charge in [0.25, 0.3) is 0 Å². The van der Waals surface area contributed by atoms with E-state index in [9.17, 15) is 4.79 Å². The Hall–Kier alpha value is -3.72. The van der Waals surface area contributed by atoms with Gasteiger partial charge >= 0.3 is 0 Å². The first-order valence-corrected chi connectivity index (χ1v) is 14.2. The van der Waals surface area contributed by atoms with Crippen molar-refractivity contribution in [3.63, 3.8) is 0 Å². The maximum Gasteiger partial charge on any atom is 0.171 e. The Kier molecular flexibility index (Phi) is 6.75. The number of morpholine rings is 1. The summed E-state index contributed by atoms with van der Waals surface area (Å²) in [6, 6.07) is 22.5. The second-order valence-electron chi connectivity index (χ2n) is 10.8. The van der Waals surface area contributed by atoms with Crippen molar-refractivity contribution < 1.29 is 19.0 Å². The Morgan fingerprint density at radius 2 is 1.45 bits per heavy atom. The molecule has 3 aromatic carbocycles. The van der Waals surface area contributed by atoms with Crippen molar-refractivity contribution in [3.8, 4) is 11.4 Å². The summed E-state index contributed by atoms with van der Waals surface area (Å²) >= 11 is 0. The fraction of sp³-hybridized carbons (Fsp3) is 0.375. The van der Waals surface area contributed by atoms with Gasteiger partial charge in [-0.25, -0.2) is 4.98 Å². The summed E-state index contributed by atoms with van der Waals surface area (Å²) in [5.74, 6) is 0.578. The summed E-state index contributed by atoms with van der Waals surface area (Å²) in [7, 11) is 0. The second-order valence-corrected chi connectivity index (χ2v) is 10.8. The van der Waals surface area contributed by atoms with Gasteiger partial charge in [-0.05, 0) is 66.2 Å². The molecule has 8 heteroatoms. The van der Waals surface area contributed by atoms with Crippen LogP contribution in [0, 0.1) is 0 Å². The number of hydrogen-bond donors (Lipinski definition) is 1. The molecule has 7 rings (SSSR count). The second kappa shape index (κ2) is 10.7. The third-order valence-electron chi connectivity index (χ3n) is 8.32. The first-order valence-electron chi connectivity index (χ1n) is 14.2. The number of Topliss-reactive ketones (excluding diaryl/α,β-unsaturated/α-hetero) is 1. The van der Waals surface area contributed by atoms with E-state index in [1.54, 1.807) is 0 Å². The SMILES string of the molecule is O=C(Cc1ccc2nc(-c3ccc(N4CCC5(CC4)OCCO5)cc3)[nH]c2c1)c1ccc(N2CCOCC2)cc1. The molecule has 4 aromatic rings. The molecule has 4 heterocycles. The summed E-state index contributed by atoms with van der Waals surface area (Å²) in [5, 5.41) is 0. The van der Waals surface area contributed by atoms with E-state index < -0.39 is 0 Å². The maximum atomic E-state index is 13.0. The van der Waals surface area contributed by atoms with Crippen LogP contribution in [0.2, 0.25) is 0 Å². The molecule has 8 nitrogen and oxygen atoms in total. The third kappa shape index (κ3) is 5.10. The van der Waals surface area contributed by atoms with E-state index in [0.717, 1.165) is 91.5 Å². The highest BCUT2D eigenvalue weighted by atomic mass is 16.7. The molecule has 40 heavy (non-hydrogen) atoms. The molecule has 1 aromatic heterocycles. The minimum atomic E-state index is -0.359. The number of nitrogens with zero attached hydrogens (tertiary/aromatic N) is 3. The standard InChI is InChI=1S/C32H34N4O4/c37-30(24-2-6-27(7-3-24)36-15-17-38-18-16-36)22-23-1-10-28-29(21-23)34-31(33-28)25-4-8-26(9-5-25)35-13-11-32(12-14-35)39-19-20-40-32/h1-10,21H,11-20,22H2,(H,33,34). The van der Waals surface area contributed by atoms with Crippen LogP contribution in [0.5, 0.6) is 0 Å². The molecule has 3 fully saturated rings. The van der Waals surface area contributed by atoms with Crippen molar-refractivity contribution in [2.24, 2.45) is 0 Å². The first-order chi connectivity index (χ1) is 19.6. The van der Waals surface area contributed by atoms with Crippen molar-refractivity contribution >= 4 is 28.2 Å². The molecular weight excluding hydrogens is 504 g/mol. The van der Waals surface area contributed by atoms with E-state index in [1.165, 1.54) is 5.69 Å². The van der Waals surface area contributed by atoms with E-state index in [2.05, 4.69) is 39.0 Å². The van der Waals surface area contributed by atoms with Crippen LogP contribution in [-0.2, 0) is 20.6 Å². The van der Waals surface area contributed by atoms with Crippen molar-refractivity contribution in [3.05, 3.63) is 77.9 Å². The molecule has 0 saturated carbocycles. The molecular formula is C32H34N4O4. The van der Waals surface area contributed by atoms with Gasteiger partial charge in [-0.2, -0.15) is 0 Å². The quantitative estimate of drug-likeness (QED) is 0.352. The van der Waals surface area contributed by atoms with Gasteiger partial charge in [0.05, 0.1) is 37.5 Å². The molecule has 0 unspecified atom stereocenters. The Morgan fingerprint density at radius 1 is 0.800 bits per heavy atom. The van der Waals surface area contributed by atoms with Gasteiger partial charge in [0, 0.05) is 67.9 Å². The number of H-pyrrole nitrogens is 1. The van der Waals surface area contributed by atoms with Crippen molar-refractivity contribution in [1.82, 2.24) is 9.97 Å². The van der Waals surface area contributed by atoms with Gasteiger partial charge in [0.2, 0.25) is 0 Å². The average molecular weight is 539 g/mol. The van der Waals surface area contributed by atoms with Gasteiger partial charge in [0.15, 0.2) is 11.6 Å². The van der Waals surface area contributed by atoms with Crippen molar-refractivity contribution in [1.29, 1.82) is 0 Å². The first kappa shape index (κ1) is 25.3. The highest BCUT2D eigenvalue weighted by Gasteiger charge is 2.39. The Bertz CT molecular complexity index is 1480. The van der Waals surface area contributed by atoms with Gasteiger partial charge < -0.3 is 29.0 Å². The molecule has 206 valence electrons. The molecule has 3 aliphatic rings. The number of aromatic nitrogens is 2. The predicted molar refractivity (Wildman–Crippen MR) is 155 cm³/mol. The Balaban J connectivity index is 1.01. The van der Waals surface area contributed by atoms with Crippen LogP contribution in [0.25, 0.3) is 22.4 Å². The number of rotatable bonds is 6. The number of aromatic amines is 1. The highest BCUT2D eigenvalue weighted by molar-refractivity contribution is 5.98. The van der Waals surface area contributed by atoms with E-state index in [4.69, 9.17) is 19.2 Å². The predicted octanol–water partition coefficient (Wildman–Crippen LogP) is 4.84. The lowest BCUT2D eigenvalue weighted by molar-refractivity contribution is -0.169. The third-order valence-corrected chi connectivity index (χ3v) is 8.32. The van der Waals surface area contributed by atoms with Crippen LogP contribution in [0.1, 0.15) is 28.8 Å². The summed E-state index contributed by atoms with van der Waals surface area (Å²) in [6.45, 7) is 6.50. The topological polar surface area (TPSA) is 79.9 Å². The lowest BCUT2D eigenvalue weighted by Crippen LogP contribution is -2.45. The zero-order valence-electron chi connectivity index (χ0n) is 22.6. The van der Waals surface area contributed by atoms with Gasteiger partial charge in [-0.1, -0.05) is 6.07 Å². The zero-order chi connectivity index (χ0) is 26.9. The van der Waals surface area contributed by atoms with Gasteiger partial charge in [0.1, 0.15) is 5.82 Å². The normalized spacial score (nSPS) is 19.0. The number of carbonyl (C=O) groups excluding carboxylic acids is 1. The number of fused-ring (bicyclic) bond motifs is 1. The maximum absolute atomic E-state index is 13.0. The largest absolute Gasteiger partial charge is 0.378 e. The fourth-order valence-corrected chi connectivity index (χ4v) is 5.99. The summed E-state index contributed by atoms with van der Waals surface area (Å²) in [5.41, 5.74) is 6.90. The Morgan fingerprint density at radius 3 is 2.15 bits per heavy atom. The number of ketones is 1. The van der Waals surface area contributed by atoms with Crippen LogP contribution < -0.4 is 9.80 Å². The van der Waals surface area contributed by atoms with E-state index in [1.807, 2.05) is 42.5 Å². The highest BCUT2D eigenvalue weighted by Crippen LogP contribution is 2.34. The molecule has 0 atom stereocenters. The molecule has 0 amide bonds.